The van der Waals surface area contributed by atoms with Gasteiger partial charge < -0.3 is 31.7 Å². The summed E-state index contributed by atoms with van der Waals surface area (Å²) in [5.74, 6) is -2.37. The largest absolute Gasteiger partial charge is 0.491 e. The van der Waals surface area contributed by atoms with Crippen molar-refractivity contribution < 1.29 is 23.1 Å². The van der Waals surface area contributed by atoms with E-state index in [1.807, 2.05) is 13.0 Å². The van der Waals surface area contributed by atoms with Crippen molar-refractivity contribution in [1.82, 2.24) is 16.0 Å². The van der Waals surface area contributed by atoms with E-state index in [4.69, 9.17) is 10.5 Å². The zero-order valence-corrected chi connectivity index (χ0v) is 25.7. The van der Waals surface area contributed by atoms with Gasteiger partial charge in [0.1, 0.15) is 0 Å². The van der Waals surface area contributed by atoms with E-state index in [1.54, 1.807) is 31.3 Å². The number of amidine groups is 1. The molecule has 1 atom stereocenters. The number of amides is 2. The standard InChI is InChI=1S/C33H41F2N7O3/c1-3-21-19-22(8-9-23(21)33(44)40-18-17-38-28(43)7-5-14-37-15-6-13-36)42-32-31-25(12-16-39-32)26(20-41-31)24-10-11-27(45-4-2)30(35)29(24)34/h8-12,16,19-20,25,37H,3-7,13-15,17-18,36H2,1-2H3,(H,38,43)(H,39,42)(H,40,44). The Kier molecular flexibility index (Phi) is 12.3. The van der Waals surface area contributed by atoms with Gasteiger partial charge in [-0.1, -0.05) is 13.0 Å². The first-order valence-corrected chi connectivity index (χ1v) is 15.4. The number of hydrogen-bond acceptors (Lipinski definition) is 8. The summed E-state index contributed by atoms with van der Waals surface area (Å²) in [6.45, 7) is 6.78. The van der Waals surface area contributed by atoms with Crippen LogP contribution in [0.3, 0.4) is 0 Å². The number of anilines is 1. The summed E-state index contributed by atoms with van der Waals surface area (Å²) >= 11 is 0. The van der Waals surface area contributed by atoms with Crippen LogP contribution in [0.4, 0.5) is 14.5 Å². The molecular weight excluding hydrogens is 580 g/mol. The van der Waals surface area contributed by atoms with Gasteiger partial charge >= 0.3 is 0 Å². The number of nitrogens with zero attached hydrogens (tertiary/aromatic N) is 2. The van der Waals surface area contributed by atoms with Crippen molar-refractivity contribution in [3.05, 3.63) is 77.1 Å². The molecule has 2 aliphatic rings. The van der Waals surface area contributed by atoms with E-state index < -0.39 is 17.6 Å². The van der Waals surface area contributed by atoms with E-state index >= 15 is 0 Å². The van der Waals surface area contributed by atoms with Gasteiger partial charge in [-0.15, -0.1) is 0 Å². The number of allylic oxidation sites excluding steroid dienone is 2. The van der Waals surface area contributed by atoms with Crippen LogP contribution in [0.5, 0.6) is 5.75 Å². The number of carbonyl (C=O) groups excluding carboxylic acids is 2. The lowest BCUT2D eigenvalue weighted by molar-refractivity contribution is -0.121. The summed E-state index contributed by atoms with van der Waals surface area (Å²) in [6.07, 6.45) is 7.59. The van der Waals surface area contributed by atoms with Crippen molar-refractivity contribution in [2.75, 3.05) is 44.6 Å². The summed E-state index contributed by atoms with van der Waals surface area (Å²) in [5.41, 5.74) is 8.73. The Balaban J connectivity index is 1.30. The van der Waals surface area contributed by atoms with Crippen LogP contribution in [0.2, 0.25) is 0 Å². The van der Waals surface area contributed by atoms with Gasteiger partial charge in [0, 0.05) is 48.7 Å². The maximum absolute atomic E-state index is 15.0. The predicted molar refractivity (Wildman–Crippen MR) is 174 cm³/mol. The summed E-state index contributed by atoms with van der Waals surface area (Å²) < 4.78 is 34.7. The Hall–Kier alpha value is -4.42. The summed E-state index contributed by atoms with van der Waals surface area (Å²) in [4.78, 5) is 33.9. The minimum atomic E-state index is -1.03. The molecule has 0 saturated carbocycles. The third-order valence-electron chi connectivity index (χ3n) is 7.40. The van der Waals surface area contributed by atoms with Crippen LogP contribution in [-0.4, -0.2) is 62.7 Å². The number of halogens is 2. The second-order valence-electron chi connectivity index (χ2n) is 10.5. The van der Waals surface area contributed by atoms with Crippen molar-refractivity contribution in [2.24, 2.45) is 21.6 Å². The van der Waals surface area contributed by atoms with E-state index in [0.717, 1.165) is 31.5 Å². The molecule has 0 saturated heterocycles. The average Bonchev–Trinajstić information content (AvgIpc) is 3.48. The van der Waals surface area contributed by atoms with E-state index in [-0.39, 0.29) is 29.7 Å². The van der Waals surface area contributed by atoms with Gasteiger partial charge in [0.25, 0.3) is 5.91 Å². The Morgan fingerprint density at radius 1 is 0.978 bits per heavy atom. The van der Waals surface area contributed by atoms with Crippen molar-refractivity contribution >= 4 is 34.6 Å². The van der Waals surface area contributed by atoms with Crippen molar-refractivity contribution in [3.8, 4) is 5.75 Å². The van der Waals surface area contributed by atoms with Crippen molar-refractivity contribution in [2.45, 2.75) is 39.5 Å². The normalized spacial score (nSPS) is 15.1. The summed E-state index contributed by atoms with van der Waals surface area (Å²) in [5, 5.41) is 12.2. The molecular formula is C33H41F2N7O3. The molecule has 0 fully saturated rings. The Morgan fingerprint density at radius 2 is 1.78 bits per heavy atom. The molecule has 0 aliphatic carbocycles. The van der Waals surface area contributed by atoms with Gasteiger partial charge in [0.2, 0.25) is 11.7 Å². The second kappa shape index (κ2) is 16.6. The van der Waals surface area contributed by atoms with E-state index in [9.17, 15) is 18.4 Å². The molecule has 0 radical (unpaired) electrons. The number of fused-ring (bicyclic) bond motifs is 1. The lowest BCUT2D eigenvalue weighted by Crippen LogP contribution is -2.35. The van der Waals surface area contributed by atoms with Gasteiger partial charge in [0.15, 0.2) is 17.4 Å². The number of aryl methyl sites for hydroxylation is 1. The lowest BCUT2D eigenvalue weighted by atomic mass is 9.89. The van der Waals surface area contributed by atoms with Crippen molar-refractivity contribution in [1.29, 1.82) is 0 Å². The first-order valence-electron chi connectivity index (χ1n) is 15.4. The van der Waals surface area contributed by atoms with Crippen molar-refractivity contribution in [3.63, 3.8) is 0 Å². The molecule has 12 heteroatoms. The first-order chi connectivity index (χ1) is 21.9. The van der Waals surface area contributed by atoms with Gasteiger partial charge in [-0.2, -0.15) is 4.39 Å². The number of ether oxygens (including phenoxy) is 1. The highest BCUT2D eigenvalue weighted by Gasteiger charge is 2.32. The molecule has 0 bridgehead atoms. The molecule has 0 spiro atoms. The second-order valence-corrected chi connectivity index (χ2v) is 10.5. The first kappa shape index (κ1) is 33.5. The Labute approximate surface area is 262 Å². The van der Waals surface area contributed by atoms with Crippen LogP contribution in [-0.2, 0) is 11.2 Å². The van der Waals surface area contributed by atoms with Gasteiger partial charge in [-0.3, -0.25) is 14.6 Å². The minimum Gasteiger partial charge on any atom is -0.491 e. The third-order valence-corrected chi connectivity index (χ3v) is 7.40. The highest BCUT2D eigenvalue weighted by Crippen LogP contribution is 2.36. The number of hydrogen-bond donors (Lipinski definition) is 5. The Bertz CT molecular complexity index is 1500. The molecule has 2 aromatic carbocycles. The molecule has 6 N–H and O–H groups in total. The number of nitrogens with two attached hydrogens (primary N) is 1. The molecule has 45 heavy (non-hydrogen) atoms. The highest BCUT2D eigenvalue weighted by atomic mass is 19.2. The highest BCUT2D eigenvalue weighted by molar-refractivity contribution is 6.49. The quantitative estimate of drug-likeness (QED) is 0.180. The maximum Gasteiger partial charge on any atom is 0.251 e. The SMILES string of the molecule is CCOc1ccc(C2=CN=C3C(Nc4ccc(C(=O)NCCNC(=O)CCCNCCCN)c(CC)c4)=NC=CC23)c(F)c1F. The van der Waals surface area contributed by atoms with E-state index in [0.29, 0.717) is 60.8 Å². The maximum atomic E-state index is 15.0. The number of aliphatic imine (C=N–C) groups is 2. The van der Waals surface area contributed by atoms with Crippen LogP contribution in [0.25, 0.3) is 5.57 Å². The van der Waals surface area contributed by atoms with Gasteiger partial charge in [-0.25, -0.2) is 9.38 Å². The Morgan fingerprint density at radius 3 is 2.56 bits per heavy atom. The topological polar surface area (TPSA) is 142 Å². The average molecular weight is 622 g/mol. The van der Waals surface area contributed by atoms with Crippen LogP contribution in [0.1, 0.15) is 54.6 Å². The predicted octanol–water partition coefficient (Wildman–Crippen LogP) is 3.94. The zero-order chi connectivity index (χ0) is 32.2. The van der Waals surface area contributed by atoms with Crippen LogP contribution in [0.15, 0.2) is 58.8 Å². The van der Waals surface area contributed by atoms with Gasteiger partial charge in [-0.05, 0) is 87.3 Å². The molecule has 2 amide bonds. The fourth-order valence-electron chi connectivity index (χ4n) is 5.08. The number of nitrogens with one attached hydrogen (secondary N) is 4. The monoisotopic (exact) mass is 621 g/mol. The smallest absolute Gasteiger partial charge is 0.251 e. The molecule has 4 rings (SSSR count). The molecule has 2 aliphatic heterocycles. The van der Waals surface area contributed by atoms with Gasteiger partial charge in [0.05, 0.1) is 18.2 Å². The number of rotatable bonds is 16. The fourth-order valence-corrected chi connectivity index (χ4v) is 5.08. The zero-order valence-electron chi connectivity index (χ0n) is 25.7. The molecule has 240 valence electrons. The number of carbonyl (C=O) groups is 2. The van der Waals surface area contributed by atoms with Crippen LogP contribution < -0.4 is 31.7 Å². The summed E-state index contributed by atoms with van der Waals surface area (Å²) in [6, 6.07) is 8.30. The van der Waals surface area contributed by atoms with Crippen LogP contribution >= 0.6 is 0 Å². The third kappa shape index (κ3) is 8.61. The molecule has 2 heterocycles. The van der Waals surface area contributed by atoms with Crippen LogP contribution in [0, 0.1) is 17.6 Å². The fraction of sp³-hybridized carbons (Fsp3) is 0.394. The summed E-state index contributed by atoms with van der Waals surface area (Å²) in [7, 11) is 0. The van der Waals surface area contributed by atoms with E-state index in [1.165, 1.54) is 18.3 Å². The minimum absolute atomic E-state index is 0.0526. The van der Waals surface area contributed by atoms with E-state index in [2.05, 4.69) is 31.3 Å². The number of benzene rings is 2. The molecule has 0 aromatic heterocycles. The molecule has 10 nitrogen and oxygen atoms in total. The molecule has 2 aromatic rings. The lowest BCUT2D eigenvalue weighted by Gasteiger charge is -2.20. The molecule has 1 unspecified atom stereocenters.